The number of rotatable bonds is 2. The van der Waals surface area contributed by atoms with E-state index in [-0.39, 0.29) is 5.54 Å². The Labute approximate surface area is 120 Å². The SMILES string of the molecule is CC1CN(C2(CN)CC(C)(C)CC(C)(C)C2)CC1C. The van der Waals surface area contributed by atoms with Crippen LogP contribution >= 0.6 is 0 Å². The standard InChI is InChI=1S/C17H34N2/c1-13-7-19(8-14(13)2)17(12-18)10-15(3,4)9-16(5,6)11-17/h13-14H,7-12,18H2,1-6H3. The third-order valence-corrected chi connectivity index (χ3v) is 5.61. The maximum absolute atomic E-state index is 6.31. The molecule has 2 rings (SSSR count). The van der Waals surface area contributed by atoms with Gasteiger partial charge in [0, 0.05) is 25.2 Å². The van der Waals surface area contributed by atoms with Crippen molar-refractivity contribution in [1.82, 2.24) is 4.90 Å². The zero-order valence-corrected chi connectivity index (χ0v) is 13.9. The summed E-state index contributed by atoms with van der Waals surface area (Å²) in [5.74, 6) is 1.63. The predicted molar refractivity (Wildman–Crippen MR) is 83.1 cm³/mol. The molecule has 1 saturated heterocycles. The Balaban J connectivity index is 2.27. The van der Waals surface area contributed by atoms with Crippen molar-refractivity contribution in [2.45, 2.75) is 66.3 Å². The molecule has 0 radical (unpaired) electrons. The Hall–Kier alpha value is -0.0800. The number of hydrogen-bond acceptors (Lipinski definition) is 2. The van der Waals surface area contributed by atoms with Gasteiger partial charge in [0.2, 0.25) is 0 Å². The lowest BCUT2D eigenvalue weighted by atomic mass is 9.58. The number of nitrogens with two attached hydrogens (primary N) is 1. The van der Waals surface area contributed by atoms with Gasteiger partial charge in [0.05, 0.1) is 0 Å². The molecule has 0 spiro atoms. The second kappa shape index (κ2) is 4.73. The van der Waals surface area contributed by atoms with Gasteiger partial charge in [0.1, 0.15) is 0 Å². The summed E-state index contributed by atoms with van der Waals surface area (Å²) in [6.45, 7) is 17.8. The first-order valence-corrected chi connectivity index (χ1v) is 8.04. The van der Waals surface area contributed by atoms with Gasteiger partial charge in [-0.25, -0.2) is 0 Å². The molecule has 2 heteroatoms. The number of nitrogens with zero attached hydrogens (tertiary/aromatic N) is 1. The number of likely N-dealkylation sites (tertiary alicyclic amines) is 1. The highest BCUT2D eigenvalue weighted by molar-refractivity contribution is 5.06. The first kappa shape index (κ1) is 15.3. The van der Waals surface area contributed by atoms with Crippen molar-refractivity contribution in [3.05, 3.63) is 0 Å². The largest absolute Gasteiger partial charge is 0.329 e. The fourth-order valence-electron chi connectivity index (χ4n) is 5.28. The Kier molecular flexibility index (Phi) is 3.81. The van der Waals surface area contributed by atoms with E-state index in [1.54, 1.807) is 0 Å². The summed E-state index contributed by atoms with van der Waals surface area (Å²) in [7, 11) is 0. The van der Waals surface area contributed by atoms with E-state index in [2.05, 4.69) is 46.4 Å². The summed E-state index contributed by atoms with van der Waals surface area (Å²) >= 11 is 0. The highest BCUT2D eigenvalue weighted by atomic mass is 15.2. The van der Waals surface area contributed by atoms with Crippen LogP contribution in [0.25, 0.3) is 0 Å². The zero-order valence-electron chi connectivity index (χ0n) is 13.9. The van der Waals surface area contributed by atoms with Crippen LogP contribution in [-0.4, -0.2) is 30.1 Å². The van der Waals surface area contributed by atoms with Gasteiger partial charge in [-0.2, -0.15) is 0 Å². The molecule has 2 nitrogen and oxygen atoms in total. The van der Waals surface area contributed by atoms with Gasteiger partial charge in [-0.15, -0.1) is 0 Å². The Morgan fingerprint density at radius 2 is 1.32 bits per heavy atom. The average Bonchev–Trinajstić information content (AvgIpc) is 2.55. The van der Waals surface area contributed by atoms with E-state index in [9.17, 15) is 0 Å². The molecule has 0 amide bonds. The normalized spacial score (nSPS) is 37.4. The van der Waals surface area contributed by atoms with Crippen LogP contribution in [0, 0.1) is 22.7 Å². The smallest absolute Gasteiger partial charge is 0.0342 e. The maximum Gasteiger partial charge on any atom is 0.0342 e. The second-order valence-electron chi connectivity index (χ2n) is 9.15. The summed E-state index contributed by atoms with van der Waals surface area (Å²) in [6.07, 6.45) is 3.85. The van der Waals surface area contributed by atoms with E-state index in [0.29, 0.717) is 10.8 Å². The minimum Gasteiger partial charge on any atom is -0.329 e. The fourth-order valence-corrected chi connectivity index (χ4v) is 5.28. The molecule has 1 aliphatic heterocycles. The van der Waals surface area contributed by atoms with E-state index in [0.717, 1.165) is 18.4 Å². The van der Waals surface area contributed by atoms with Crippen molar-refractivity contribution in [3.8, 4) is 0 Å². The van der Waals surface area contributed by atoms with Gasteiger partial charge < -0.3 is 5.73 Å². The molecule has 2 N–H and O–H groups in total. The molecule has 1 heterocycles. The molecular formula is C17H34N2. The summed E-state index contributed by atoms with van der Waals surface area (Å²) in [4.78, 5) is 2.74. The van der Waals surface area contributed by atoms with E-state index < -0.39 is 0 Å². The van der Waals surface area contributed by atoms with E-state index >= 15 is 0 Å². The van der Waals surface area contributed by atoms with Crippen LogP contribution in [0.1, 0.15) is 60.8 Å². The predicted octanol–water partition coefficient (Wildman–Crippen LogP) is 3.51. The Morgan fingerprint density at radius 3 is 1.68 bits per heavy atom. The molecule has 2 atom stereocenters. The highest BCUT2D eigenvalue weighted by Crippen LogP contribution is 2.52. The molecular weight excluding hydrogens is 232 g/mol. The fraction of sp³-hybridized carbons (Fsp3) is 1.00. The lowest BCUT2D eigenvalue weighted by Crippen LogP contribution is -2.60. The van der Waals surface area contributed by atoms with E-state index in [1.807, 2.05) is 0 Å². The molecule has 2 aliphatic rings. The van der Waals surface area contributed by atoms with Gasteiger partial charge in [-0.3, -0.25) is 4.90 Å². The topological polar surface area (TPSA) is 29.3 Å². The third-order valence-electron chi connectivity index (χ3n) is 5.61. The van der Waals surface area contributed by atoms with Gasteiger partial charge in [0.25, 0.3) is 0 Å². The van der Waals surface area contributed by atoms with E-state index in [4.69, 9.17) is 5.73 Å². The van der Waals surface area contributed by atoms with Crippen LogP contribution in [0.3, 0.4) is 0 Å². The second-order valence-corrected chi connectivity index (χ2v) is 9.15. The minimum atomic E-state index is 0.240. The van der Waals surface area contributed by atoms with Crippen LogP contribution in [0.5, 0.6) is 0 Å². The lowest BCUT2D eigenvalue weighted by molar-refractivity contribution is -0.0355. The van der Waals surface area contributed by atoms with Crippen LogP contribution in [0.4, 0.5) is 0 Å². The zero-order chi connectivity index (χ0) is 14.5. The summed E-state index contributed by atoms with van der Waals surface area (Å²) in [6, 6.07) is 0. The minimum absolute atomic E-state index is 0.240. The summed E-state index contributed by atoms with van der Waals surface area (Å²) in [5, 5.41) is 0. The highest BCUT2D eigenvalue weighted by Gasteiger charge is 2.51. The van der Waals surface area contributed by atoms with Crippen molar-refractivity contribution in [2.75, 3.05) is 19.6 Å². The monoisotopic (exact) mass is 266 g/mol. The van der Waals surface area contributed by atoms with Crippen molar-refractivity contribution in [1.29, 1.82) is 0 Å². The van der Waals surface area contributed by atoms with Gasteiger partial charge in [-0.05, 0) is 41.9 Å². The van der Waals surface area contributed by atoms with Crippen LogP contribution in [-0.2, 0) is 0 Å². The van der Waals surface area contributed by atoms with Crippen LogP contribution < -0.4 is 5.73 Å². The van der Waals surface area contributed by atoms with Crippen molar-refractivity contribution in [2.24, 2.45) is 28.4 Å². The van der Waals surface area contributed by atoms with Crippen LogP contribution in [0.15, 0.2) is 0 Å². The van der Waals surface area contributed by atoms with Gasteiger partial charge >= 0.3 is 0 Å². The van der Waals surface area contributed by atoms with Crippen molar-refractivity contribution >= 4 is 0 Å². The lowest BCUT2D eigenvalue weighted by Gasteiger charge is -2.55. The quantitative estimate of drug-likeness (QED) is 0.829. The number of hydrogen-bond donors (Lipinski definition) is 1. The van der Waals surface area contributed by atoms with Crippen molar-refractivity contribution < 1.29 is 0 Å². The van der Waals surface area contributed by atoms with E-state index in [1.165, 1.54) is 32.4 Å². The first-order chi connectivity index (χ1) is 8.59. The average molecular weight is 266 g/mol. The first-order valence-electron chi connectivity index (χ1n) is 8.04. The molecule has 0 aromatic heterocycles. The maximum atomic E-state index is 6.31. The Morgan fingerprint density at radius 1 is 0.895 bits per heavy atom. The molecule has 0 aromatic rings. The molecule has 19 heavy (non-hydrogen) atoms. The van der Waals surface area contributed by atoms with Gasteiger partial charge in [0.15, 0.2) is 0 Å². The van der Waals surface area contributed by atoms with Crippen molar-refractivity contribution in [3.63, 3.8) is 0 Å². The Bertz CT molecular complexity index is 306. The molecule has 1 saturated carbocycles. The molecule has 1 aliphatic carbocycles. The third kappa shape index (κ3) is 3.00. The molecule has 2 fully saturated rings. The molecule has 0 aromatic carbocycles. The van der Waals surface area contributed by atoms with Gasteiger partial charge in [-0.1, -0.05) is 41.5 Å². The summed E-state index contributed by atoms with van der Waals surface area (Å²) < 4.78 is 0. The summed E-state index contributed by atoms with van der Waals surface area (Å²) in [5.41, 5.74) is 7.38. The van der Waals surface area contributed by atoms with Crippen LogP contribution in [0.2, 0.25) is 0 Å². The molecule has 2 unspecified atom stereocenters. The molecule has 112 valence electrons. The molecule has 0 bridgehead atoms.